The molecule has 0 saturated heterocycles. The fourth-order valence-electron chi connectivity index (χ4n) is 2.71. The lowest BCUT2D eigenvalue weighted by Gasteiger charge is -2.16. The van der Waals surface area contributed by atoms with E-state index in [1.807, 2.05) is 0 Å². The fourth-order valence-corrected chi connectivity index (χ4v) is 2.71. The first kappa shape index (κ1) is 18.7. The van der Waals surface area contributed by atoms with Gasteiger partial charge in [0.25, 0.3) is 0 Å². The Bertz CT molecular complexity index is 997. The molecule has 2 aromatic carbocycles. The van der Waals surface area contributed by atoms with E-state index in [0.29, 0.717) is 22.8 Å². The van der Waals surface area contributed by atoms with E-state index in [4.69, 9.17) is 0 Å². The summed E-state index contributed by atoms with van der Waals surface area (Å²) in [5, 5.41) is 5.57. The van der Waals surface area contributed by atoms with Gasteiger partial charge in [-0.25, -0.2) is 9.37 Å². The highest BCUT2D eigenvalue weighted by atomic mass is 19.4. The second kappa shape index (κ2) is 6.90. The summed E-state index contributed by atoms with van der Waals surface area (Å²) in [7, 11) is 0. The summed E-state index contributed by atoms with van der Waals surface area (Å²) in [4.78, 5) is 18.6. The van der Waals surface area contributed by atoms with Gasteiger partial charge in [0.2, 0.25) is 11.9 Å². The lowest BCUT2D eigenvalue weighted by molar-refractivity contribution is -0.137. The maximum Gasteiger partial charge on any atom is 0.416 e. The summed E-state index contributed by atoms with van der Waals surface area (Å²) in [6.45, 7) is 2.96. The number of amides is 1. The van der Waals surface area contributed by atoms with Crippen LogP contribution in [0.3, 0.4) is 0 Å². The number of imidazole rings is 1. The number of hydrogen-bond acceptors (Lipinski definition) is 3. The molecule has 0 unspecified atom stereocenters. The SMILES string of the molecule is CC(=O)Nc1cccc2[nH]c(N[C@H](C)c3cc(F)cc(C(F)(F)F)c3)nc12. The Kier molecular flexibility index (Phi) is 4.77. The van der Waals surface area contributed by atoms with Crippen LogP contribution in [-0.2, 0) is 11.0 Å². The molecule has 0 radical (unpaired) electrons. The van der Waals surface area contributed by atoms with Crippen molar-refractivity contribution in [2.75, 3.05) is 10.6 Å². The zero-order valence-electron chi connectivity index (χ0n) is 14.4. The topological polar surface area (TPSA) is 69.8 Å². The summed E-state index contributed by atoms with van der Waals surface area (Å²) in [6, 6.07) is 6.89. The van der Waals surface area contributed by atoms with Crippen LogP contribution in [-0.4, -0.2) is 15.9 Å². The predicted octanol–water partition coefficient (Wildman–Crippen LogP) is 4.85. The Labute approximate surface area is 151 Å². The van der Waals surface area contributed by atoms with Crippen LogP contribution in [0, 0.1) is 5.82 Å². The molecule has 1 aromatic heterocycles. The first-order valence-corrected chi connectivity index (χ1v) is 8.04. The molecule has 1 atom stereocenters. The Morgan fingerprint density at radius 3 is 2.63 bits per heavy atom. The van der Waals surface area contributed by atoms with Gasteiger partial charge in [-0.1, -0.05) is 6.07 Å². The van der Waals surface area contributed by atoms with Crippen molar-refractivity contribution in [3.8, 4) is 0 Å². The third kappa shape index (κ3) is 4.18. The molecule has 3 N–H and O–H groups in total. The average molecular weight is 380 g/mol. The maximum atomic E-state index is 13.6. The van der Waals surface area contributed by atoms with Gasteiger partial charge in [0, 0.05) is 6.92 Å². The van der Waals surface area contributed by atoms with Gasteiger partial charge >= 0.3 is 6.18 Å². The minimum atomic E-state index is -4.64. The van der Waals surface area contributed by atoms with Gasteiger partial charge in [0.1, 0.15) is 11.3 Å². The molecule has 1 heterocycles. The van der Waals surface area contributed by atoms with E-state index in [0.717, 1.165) is 12.1 Å². The van der Waals surface area contributed by atoms with E-state index in [1.54, 1.807) is 25.1 Å². The van der Waals surface area contributed by atoms with Crippen molar-refractivity contribution < 1.29 is 22.4 Å². The molecule has 0 bridgehead atoms. The van der Waals surface area contributed by atoms with Crippen LogP contribution in [0.1, 0.15) is 31.0 Å². The molecule has 0 aliphatic carbocycles. The van der Waals surface area contributed by atoms with E-state index in [9.17, 15) is 22.4 Å². The van der Waals surface area contributed by atoms with Crippen molar-refractivity contribution in [1.82, 2.24) is 9.97 Å². The molecule has 3 aromatic rings. The smallest absolute Gasteiger partial charge is 0.349 e. The first-order chi connectivity index (χ1) is 12.6. The number of carbonyl (C=O) groups is 1. The average Bonchev–Trinajstić information content (AvgIpc) is 2.96. The second-order valence-corrected chi connectivity index (χ2v) is 6.11. The highest BCUT2D eigenvalue weighted by Gasteiger charge is 2.31. The zero-order valence-corrected chi connectivity index (χ0v) is 14.4. The van der Waals surface area contributed by atoms with E-state index in [2.05, 4.69) is 20.6 Å². The Morgan fingerprint density at radius 2 is 1.96 bits per heavy atom. The molecular weight excluding hydrogens is 364 g/mol. The van der Waals surface area contributed by atoms with E-state index < -0.39 is 23.6 Å². The van der Waals surface area contributed by atoms with Gasteiger partial charge in [0.05, 0.1) is 22.8 Å². The third-order valence-corrected chi connectivity index (χ3v) is 3.92. The molecule has 1 amide bonds. The van der Waals surface area contributed by atoms with Crippen molar-refractivity contribution >= 4 is 28.6 Å². The molecule has 9 heteroatoms. The van der Waals surface area contributed by atoms with Crippen LogP contribution >= 0.6 is 0 Å². The number of H-pyrrole nitrogens is 1. The summed E-state index contributed by atoms with van der Waals surface area (Å²) in [5.41, 5.74) is 0.708. The highest BCUT2D eigenvalue weighted by molar-refractivity contribution is 5.99. The lowest BCUT2D eigenvalue weighted by atomic mass is 10.0. The molecule has 0 fully saturated rings. The van der Waals surface area contributed by atoms with Crippen LogP contribution in [0.2, 0.25) is 0 Å². The molecule has 0 saturated carbocycles. The van der Waals surface area contributed by atoms with Crippen LogP contribution in [0.15, 0.2) is 36.4 Å². The van der Waals surface area contributed by atoms with Gasteiger partial charge in [0.15, 0.2) is 0 Å². The zero-order chi connectivity index (χ0) is 19.8. The monoisotopic (exact) mass is 380 g/mol. The molecule has 142 valence electrons. The molecule has 0 aliphatic heterocycles. The Balaban J connectivity index is 1.89. The number of carbonyl (C=O) groups excluding carboxylic acids is 1. The summed E-state index contributed by atoms with van der Waals surface area (Å²) < 4.78 is 52.3. The van der Waals surface area contributed by atoms with Crippen molar-refractivity contribution in [3.63, 3.8) is 0 Å². The summed E-state index contributed by atoms with van der Waals surface area (Å²) in [6.07, 6.45) is -4.64. The maximum absolute atomic E-state index is 13.6. The number of para-hydroxylation sites is 1. The van der Waals surface area contributed by atoms with Crippen LogP contribution in [0.25, 0.3) is 11.0 Å². The van der Waals surface area contributed by atoms with Gasteiger partial charge in [-0.3, -0.25) is 4.79 Å². The number of anilines is 2. The number of nitrogens with one attached hydrogen (secondary N) is 3. The molecule has 0 aliphatic rings. The van der Waals surface area contributed by atoms with Crippen LogP contribution < -0.4 is 10.6 Å². The van der Waals surface area contributed by atoms with Gasteiger partial charge in [-0.15, -0.1) is 0 Å². The molecular formula is C18H16F4N4O. The number of hydrogen-bond donors (Lipinski definition) is 3. The highest BCUT2D eigenvalue weighted by Crippen LogP contribution is 2.32. The number of aromatic amines is 1. The quantitative estimate of drug-likeness (QED) is 0.567. The van der Waals surface area contributed by atoms with Crippen molar-refractivity contribution in [2.45, 2.75) is 26.1 Å². The van der Waals surface area contributed by atoms with Crippen LogP contribution in [0.4, 0.5) is 29.2 Å². The van der Waals surface area contributed by atoms with E-state index in [1.165, 1.54) is 6.92 Å². The summed E-state index contributed by atoms with van der Waals surface area (Å²) >= 11 is 0. The van der Waals surface area contributed by atoms with Crippen molar-refractivity contribution in [2.24, 2.45) is 0 Å². The van der Waals surface area contributed by atoms with Crippen molar-refractivity contribution in [3.05, 3.63) is 53.3 Å². The number of aromatic nitrogens is 2. The molecule has 3 rings (SSSR count). The van der Waals surface area contributed by atoms with E-state index in [-0.39, 0.29) is 17.4 Å². The normalized spacial score (nSPS) is 12.8. The number of benzene rings is 2. The second-order valence-electron chi connectivity index (χ2n) is 6.11. The van der Waals surface area contributed by atoms with Crippen molar-refractivity contribution in [1.29, 1.82) is 0 Å². The van der Waals surface area contributed by atoms with Gasteiger partial charge in [-0.05, 0) is 42.8 Å². The van der Waals surface area contributed by atoms with Gasteiger partial charge < -0.3 is 15.6 Å². The number of halogens is 4. The van der Waals surface area contributed by atoms with Crippen LogP contribution in [0.5, 0.6) is 0 Å². The van der Waals surface area contributed by atoms with E-state index >= 15 is 0 Å². The molecule has 5 nitrogen and oxygen atoms in total. The standard InChI is InChI=1S/C18H16F4N4O/c1-9(11-6-12(18(20,21)22)8-13(19)7-11)23-17-25-15-5-3-4-14(16(15)26-17)24-10(2)27/h3-9H,1-2H3,(H,24,27)(H2,23,25,26)/t9-/m1/s1. The number of fused-ring (bicyclic) bond motifs is 1. The minimum absolute atomic E-state index is 0.130. The largest absolute Gasteiger partial charge is 0.416 e. The molecule has 27 heavy (non-hydrogen) atoms. The van der Waals surface area contributed by atoms with Gasteiger partial charge in [-0.2, -0.15) is 13.2 Å². The predicted molar refractivity (Wildman–Crippen MR) is 93.8 cm³/mol. The number of nitrogens with zero attached hydrogens (tertiary/aromatic N) is 1. The Hall–Kier alpha value is -3.10. The minimum Gasteiger partial charge on any atom is -0.349 e. The lowest BCUT2D eigenvalue weighted by Crippen LogP contribution is -2.11. The fraction of sp³-hybridized carbons (Fsp3) is 0.222. The number of alkyl halides is 3. The first-order valence-electron chi connectivity index (χ1n) is 8.04. The summed E-state index contributed by atoms with van der Waals surface area (Å²) in [5.74, 6) is -0.938. The Morgan fingerprint density at radius 1 is 1.22 bits per heavy atom. The molecule has 0 spiro atoms. The number of rotatable bonds is 4. The third-order valence-electron chi connectivity index (χ3n) is 3.92.